The average molecular weight is 273 g/mol. The van der Waals surface area contributed by atoms with Crippen molar-refractivity contribution < 1.29 is 14.8 Å². The number of nitrogens with zero attached hydrogens (tertiary/aromatic N) is 1. The summed E-state index contributed by atoms with van der Waals surface area (Å²) < 4.78 is 0. The first-order valence-electron chi connectivity index (χ1n) is 5.32. The van der Waals surface area contributed by atoms with Gasteiger partial charge in [-0.25, -0.2) is 0 Å². The fourth-order valence-corrected chi connectivity index (χ4v) is 1.48. The van der Waals surface area contributed by atoms with Gasteiger partial charge in [0.25, 0.3) is 11.6 Å². The number of benzene rings is 1. The molecule has 1 amide bonds. The summed E-state index contributed by atoms with van der Waals surface area (Å²) in [5.41, 5.74) is -0.142. The molecule has 0 heterocycles. The number of carbonyl (C=O) groups excluding carboxylic acids is 1. The largest absolute Gasteiger partial charge is 0.393 e. The van der Waals surface area contributed by atoms with E-state index in [1.807, 2.05) is 0 Å². The minimum Gasteiger partial charge on any atom is -0.393 e. The second-order valence-corrected chi connectivity index (χ2v) is 4.22. The van der Waals surface area contributed by atoms with E-state index in [0.29, 0.717) is 13.0 Å². The summed E-state index contributed by atoms with van der Waals surface area (Å²) >= 11 is 5.64. The molecule has 7 heteroatoms. The van der Waals surface area contributed by atoms with Gasteiger partial charge in [0.05, 0.1) is 11.0 Å². The van der Waals surface area contributed by atoms with E-state index in [4.69, 9.17) is 16.7 Å². The van der Waals surface area contributed by atoms with Crippen LogP contribution in [-0.2, 0) is 0 Å². The molecule has 18 heavy (non-hydrogen) atoms. The Morgan fingerprint density at radius 1 is 1.61 bits per heavy atom. The Labute approximate surface area is 109 Å². The molecule has 0 aliphatic carbocycles. The van der Waals surface area contributed by atoms with Crippen molar-refractivity contribution in [3.63, 3.8) is 0 Å². The monoisotopic (exact) mass is 272 g/mol. The summed E-state index contributed by atoms with van der Waals surface area (Å²) in [5.74, 6) is -0.435. The molecule has 0 aromatic heterocycles. The lowest BCUT2D eigenvalue weighted by molar-refractivity contribution is -0.384. The van der Waals surface area contributed by atoms with Gasteiger partial charge in [-0.15, -0.1) is 0 Å². The number of amides is 1. The van der Waals surface area contributed by atoms with Crippen LogP contribution < -0.4 is 5.32 Å². The SMILES string of the molecule is CC(O)CCNC(=O)c1ccc(Cl)c([N+](=O)[O-])c1. The molecular formula is C11H13ClN2O4. The predicted octanol–water partition coefficient (Wildman–Crippen LogP) is 1.75. The molecule has 0 saturated carbocycles. The number of rotatable bonds is 5. The third-order valence-electron chi connectivity index (χ3n) is 2.25. The van der Waals surface area contributed by atoms with Gasteiger partial charge in [0.1, 0.15) is 5.02 Å². The average Bonchev–Trinajstić information content (AvgIpc) is 2.28. The first-order valence-corrected chi connectivity index (χ1v) is 5.70. The highest BCUT2D eigenvalue weighted by atomic mass is 35.5. The minimum absolute atomic E-state index is 0.0134. The van der Waals surface area contributed by atoms with Gasteiger partial charge in [0.2, 0.25) is 0 Å². The fourth-order valence-electron chi connectivity index (χ4n) is 1.29. The van der Waals surface area contributed by atoms with Crippen LogP contribution in [0.5, 0.6) is 0 Å². The summed E-state index contributed by atoms with van der Waals surface area (Å²) in [6, 6.07) is 3.84. The van der Waals surface area contributed by atoms with Crippen molar-refractivity contribution in [3.8, 4) is 0 Å². The number of aliphatic hydroxyl groups excluding tert-OH is 1. The number of aliphatic hydroxyl groups is 1. The van der Waals surface area contributed by atoms with Crippen LogP contribution >= 0.6 is 11.6 Å². The summed E-state index contributed by atoms with van der Waals surface area (Å²) in [5, 5.41) is 22.2. The van der Waals surface area contributed by atoms with Crippen molar-refractivity contribution in [2.75, 3.05) is 6.54 Å². The number of nitrogens with one attached hydrogen (secondary N) is 1. The highest BCUT2D eigenvalue weighted by Crippen LogP contribution is 2.24. The molecule has 98 valence electrons. The van der Waals surface area contributed by atoms with Gasteiger partial charge in [0.15, 0.2) is 0 Å². The molecule has 1 aromatic rings. The van der Waals surface area contributed by atoms with Crippen molar-refractivity contribution in [1.82, 2.24) is 5.32 Å². The van der Waals surface area contributed by atoms with Gasteiger partial charge in [-0.2, -0.15) is 0 Å². The van der Waals surface area contributed by atoms with Crippen LogP contribution in [0.2, 0.25) is 5.02 Å². The molecule has 0 bridgehead atoms. The highest BCUT2D eigenvalue weighted by Gasteiger charge is 2.15. The van der Waals surface area contributed by atoms with Crippen LogP contribution in [0.25, 0.3) is 0 Å². The molecule has 1 atom stereocenters. The van der Waals surface area contributed by atoms with Crippen LogP contribution in [0, 0.1) is 10.1 Å². The number of hydrogen-bond donors (Lipinski definition) is 2. The molecule has 0 saturated heterocycles. The summed E-state index contributed by atoms with van der Waals surface area (Å²) in [4.78, 5) is 21.7. The Kier molecular flexibility index (Phi) is 5.06. The maximum atomic E-state index is 11.7. The molecule has 1 rings (SSSR count). The first kappa shape index (κ1) is 14.4. The molecule has 0 spiro atoms. The maximum absolute atomic E-state index is 11.7. The van der Waals surface area contributed by atoms with Gasteiger partial charge < -0.3 is 10.4 Å². The van der Waals surface area contributed by atoms with E-state index in [-0.39, 0.29) is 16.3 Å². The van der Waals surface area contributed by atoms with E-state index in [1.54, 1.807) is 6.92 Å². The molecule has 2 N–H and O–H groups in total. The van der Waals surface area contributed by atoms with E-state index in [0.717, 1.165) is 6.07 Å². The molecule has 6 nitrogen and oxygen atoms in total. The van der Waals surface area contributed by atoms with Crippen molar-refractivity contribution in [2.45, 2.75) is 19.4 Å². The zero-order valence-corrected chi connectivity index (χ0v) is 10.5. The van der Waals surface area contributed by atoms with Gasteiger partial charge >= 0.3 is 0 Å². The molecule has 0 aliphatic rings. The van der Waals surface area contributed by atoms with Crippen molar-refractivity contribution in [2.24, 2.45) is 0 Å². The van der Waals surface area contributed by atoms with Gasteiger partial charge in [-0.05, 0) is 25.5 Å². The smallest absolute Gasteiger partial charge is 0.288 e. The first-order chi connectivity index (χ1) is 8.41. The molecule has 0 radical (unpaired) electrons. The topological polar surface area (TPSA) is 92.5 Å². The highest BCUT2D eigenvalue weighted by molar-refractivity contribution is 6.32. The number of nitro groups is 1. The van der Waals surface area contributed by atoms with E-state index in [1.165, 1.54) is 12.1 Å². The van der Waals surface area contributed by atoms with E-state index < -0.39 is 16.9 Å². The number of carbonyl (C=O) groups is 1. The predicted molar refractivity (Wildman–Crippen MR) is 66.7 cm³/mol. The molecule has 1 aromatic carbocycles. The minimum atomic E-state index is -0.644. The third kappa shape index (κ3) is 3.97. The Balaban J connectivity index is 2.74. The second-order valence-electron chi connectivity index (χ2n) is 3.82. The third-order valence-corrected chi connectivity index (χ3v) is 2.57. The van der Waals surface area contributed by atoms with Crippen LogP contribution in [0.3, 0.4) is 0 Å². The van der Waals surface area contributed by atoms with E-state index in [2.05, 4.69) is 5.32 Å². The Hall–Kier alpha value is -1.66. The van der Waals surface area contributed by atoms with Gasteiger partial charge in [-0.3, -0.25) is 14.9 Å². The van der Waals surface area contributed by atoms with Gasteiger partial charge in [0, 0.05) is 18.2 Å². The molecule has 0 aliphatic heterocycles. The Bertz CT molecular complexity index is 462. The van der Waals surface area contributed by atoms with Crippen LogP contribution in [0.4, 0.5) is 5.69 Å². The van der Waals surface area contributed by atoms with E-state index >= 15 is 0 Å². The van der Waals surface area contributed by atoms with Gasteiger partial charge in [-0.1, -0.05) is 11.6 Å². The van der Waals surface area contributed by atoms with Crippen molar-refractivity contribution in [3.05, 3.63) is 38.9 Å². The Morgan fingerprint density at radius 3 is 2.83 bits per heavy atom. The zero-order chi connectivity index (χ0) is 13.7. The summed E-state index contributed by atoms with van der Waals surface area (Å²) in [6.07, 6.45) is -0.0913. The number of hydrogen-bond acceptors (Lipinski definition) is 4. The number of nitro benzene ring substituents is 1. The van der Waals surface area contributed by atoms with Crippen LogP contribution in [-0.4, -0.2) is 28.6 Å². The van der Waals surface area contributed by atoms with Crippen molar-refractivity contribution in [1.29, 1.82) is 0 Å². The van der Waals surface area contributed by atoms with Crippen LogP contribution in [0.15, 0.2) is 18.2 Å². The quantitative estimate of drug-likeness (QED) is 0.631. The lowest BCUT2D eigenvalue weighted by atomic mass is 10.2. The Morgan fingerprint density at radius 2 is 2.28 bits per heavy atom. The standard InChI is InChI=1S/C11H13ClN2O4/c1-7(15)4-5-13-11(16)8-2-3-9(12)10(6-8)14(17)18/h2-3,6-7,15H,4-5H2,1H3,(H,13,16). The summed E-state index contributed by atoms with van der Waals surface area (Å²) in [7, 11) is 0. The van der Waals surface area contributed by atoms with E-state index in [9.17, 15) is 14.9 Å². The van der Waals surface area contributed by atoms with Crippen LogP contribution in [0.1, 0.15) is 23.7 Å². The molecular weight excluding hydrogens is 260 g/mol. The van der Waals surface area contributed by atoms with Crippen molar-refractivity contribution >= 4 is 23.2 Å². The molecule has 1 unspecified atom stereocenters. The summed E-state index contributed by atoms with van der Waals surface area (Å²) in [6.45, 7) is 1.91. The second kappa shape index (κ2) is 6.32. The number of halogens is 1. The zero-order valence-electron chi connectivity index (χ0n) is 9.72. The normalized spacial score (nSPS) is 11.9. The molecule has 0 fully saturated rings. The fraction of sp³-hybridized carbons (Fsp3) is 0.364. The maximum Gasteiger partial charge on any atom is 0.288 e. The lowest BCUT2D eigenvalue weighted by Gasteiger charge is -2.07. The lowest BCUT2D eigenvalue weighted by Crippen LogP contribution is -2.26.